The van der Waals surface area contributed by atoms with Gasteiger partial charge in [0.05, 0.1) is 6.20 Å². The Kier molecular flexibility index (Phi) is 2.92. The van der Waals surface area contributed by atoms with Crippen LogP contribution in [0.5, 0.6) is 5.75 Å². The Labute approximate surface area is 103 Å². The van der Waals surface area contributed by atoms with Gasteiger partial charge in [0.15, 0.2) is 4.91 Å². The molecule has 2 rings (SSSR count). The molecule has 0 saturated heterocycles. The van der Waals surface area contributed by atoms with Crippen molar-refractivity contribution in [3.8, 4) is 5.75 Å². The number of carbonyl (C=O) groups is 1. The van der Waals surface area contributed by atoms with Crippen molar-refractivity contribution < 1.29 is 23.1 Å². The lowest BCUT2D eigenvalue weighted by Crippen LogP contribution is -2.22. The van der Waals surface area contributed by atoms with E-state index in [-0.39, 0.29) is 5.75 Å². The number of nitrogens with zero attached hydrogens (tertiary/aromatic N) is 1. The maximum atomic E-state index is 11.7. The van der Waals surface area contributed by atoms with Gasteiger partial charge in [-0.3, -0.25) is 0 Å². The monoisotopic (exact) mass is 267 g/mol. The minimum Gasteiger partial charge on any atom is -0.477 e. The summed E-state index contributed by atoms with van der Waals surface area (Å²) >= 11 is 0. The van der Waals surface area contributed by atoms with Crippen LogP contribution in [0.1, 0.15) is 5.56 Å². The third-order valence-corrected chi connectivity index (χ3v) is 3.72. The van der Waals surface area contributed by atoms with Gasteiger partial charge >= 0.3 is 11.2 Å². The number of carboxylic acids is 1. The third kappa shape index (κ3) is 2.12. The van der Waals surface area contributed by atoms with Gasteiger partial charge in [-0.05, 0) is 24.6 Å². The first kappa shape index (κ1) is 12.3. The van der Waals surface area contributed by atoms with Crippen molar-refractivity contribution in [1.82, 2.24) is 0 Å². The number of rotatable bonds is 2. The summed E-state index contributed by atoms with van der Waals surface area (Å²) in [6, 6.07) is 6.69. The van der Waals surface area contributed by atoms with Crippen LogP contribution in [0.4, 0.5) is 0 Å². The van der Waals surface area contributed by atoms with E-state index in [1.807, 2.05) is 13.0 Å². The van der Waals surface area contributed by atoms with Crippen molar-refractivity contribution in [2.24, 2.45) is 4.99 Å². The van der Waals surface area contributed by atoms with E-state index >= 15 is 0 Å². The number of aliphatic imine (C=N–C) groups is 1. The molecule has 0 unspecified atom stereocenters. The number of carboxylic acid groups (broad SMARTS) is 1. The highest BCUT2D eigenvalue weighted by atomic mass is 32.2. The van der Waals surface area contributed by atoms with Crippen LogP contribution in [0, 0.1) is 6.92 Å². The lowest BCUT2D eigenvalue weighted by molar-refractivity contribution is -0.131. The van der Waals surface area contributed by atoms with Crippen LogP contribution >= 0.6 is 0 Å². The standard InChI is InChI=1S/C11H9NO5S/c1-7-3-2-4-8(5-7)17-11-12-6-9(10(13)14)18(11,15)16/h2-6H,1H3,(H,13,14). The number of hydrogen-bond acceptors (Lipinski definition) is 5. The van der Waals surface area contributed by atoms with E-state index in [2.05, 4.69) is 4.99 Å². The highest BCUT2D eigenvalue weighted by Crippen LogP contribution is 2.21. The SMILES string of the molecule is Cc1cccc(OC2=NC=C(C(=O)O)S2(=O)=O)c1. The number of hydrogen-bond donors (Lipinski definition) is 1. The molecular formula is C11H9NO5S. The summed E-state index contributed by atoms with van der Waals surface area (Å²) in [7, 11) is -4.15. The van der Waals surface area contributed by atoms with Crippen molar-refractivity contribution in [3.63, 3.8) is 0 Å². The molecule has 1 heterocycles. The summed E-state index contributed by atoms with van der Waals surface area (Å²) in [5.74, 6) is -1.26. The zero-order valence-corrected chi connectivity index (χ0v) is 10.1. The number of sulfone groups is 1. The molecule has 7 heteroatoms. The average molecular weight is 267 g/mol. The van der Waals surface area contributed by atoms with E-state index in [1.54, 1.807) is 18.2 Å². The molecule has 0 atom stereocenters. The van der Waals surface area contributed by atoms with Crippen LogP contribution < -0.4 is 4.74 Å². The molecule has 1 aromatic rings. The number of ether oxygens (including phenoxy) is 1. The zero-order valence-electron chi connectivity index (χ0n) is 9.32. The van der Waals surface area contributed by atoms with E-state index in [9.17, 15) is 13.2 Å². The summed E-state index contributed by atoms with van der Waals surface area (Å²) in [4.78, 5) is 13.4. The van der Waals surface area contributed by atoms with E-state index in [0.29, 0.717) is 0 Å². The molecule has 0 amide bonds. The van der Waals surface area contributed by atoms with Gasteiger partial charge in [-0.2, -0.15) is 0 Å². The van der Waals surface area contributed by atoms with Crippen molar-refractivity contribution in [3.05, 3.63) is 40.9 Å². The molecule has 0 fully saturated rings. The van der Waals surface area contributed by atoms with Crippen molar-refractivity contribution in [1.29, 1.82) is 0 Å². The van der Waals surface area contributed by atoms with Crippen LogP contribution in [0.2, 0.25) is 0 Å². The lowest BCUT2D eigenvalue weighted by atomic mass is 10.2. The topological polar surface area (TPSA) is 93.0 Å². The summed E-state index contributed by atoms with van der Waals surface area (Å²) in [5, 5.41) is 8.08. The Hall–Kier alpha value is -2.15. The predicted octanol–water partition coefficient (Wildman–Crippen LogP) is 1.08. The van der Waals surface area contributed by atoms with Crippen LogP contribution in [0.25, 0.3) is 0 Å². The molecule has 0 aliphatic carbocycles. The van der Waals surface area contributed by atoms with Gasteiger partial charge in [-0.25, -0.2) is 18.2 Å². The fourth-order valence-corrected chi connectivity index (χ4v) is 2.38. The summed E-state index contributed by atoms with van der Waals surface area (Å²) in [5.41, 5.74) is 0.884. The second kappa shape index (κ2) is 4.26. The molecule has 0 bridgehead atoms. The van der Waals surface area contributed by atoms with Gasteiger partial charge in [0.25, 0.3) is 9.84 Å². The summed E-state index contributed by atoms with van der Waals surface area (Å²) in [6.07, 6.45) is 0.767. The van der Waals surface area contributed by atoms with Crippen molar-refractivity contribution in [2.45, 2.75) is 6.92 Å². The van der Waals surface area contributed by atoms with Gasteiger partial charge in [-0.1, -0.05) is 12.1 Å². The maximum absolute atomic E-state index is 11.7. The molecule has 1 N–H and O–H groups in total. The molecule has 1 aromatic carbocycles. The van der Waals surface area contributed by atoms with Gasteiger partial charge in [0.1, 0.15) is 5.75 Å². The van der Waals surface area contributed by atoms with E-state index in [0.717, 1.165) is 11.8 Å². The normalized spacial score (nSPS) is 16.9. The summed E-state index contributed by atoms with van der Waals surface area (Å²) in [6.45, 7) is 1.82. The van der Waals surface area contributed by atoms with Gasteiger partial charge in [0.2, 0.25) is 0 Å². The highest BCUT2D eigenvalue weighted by Gasteiger charge is 2.36. The van der Waals surface area contributed by atoms with Gasteiger partial charge in [-0.15, -0.1) is 0 Å². The molecule has 1 aliphatic rings. The number of aliphatic carboxylic acids is 1. The lowest BCUT2D eigenvalue weighted by Gasteiger charge is -2.05. The van der Waals surface area contributed by atoms with E-state index in [4.69, 9.17) is 9.84 Å². The maximum Gasteiger partial charge on any atom is 0.349 e. The number of benzene rings is 1. The molecule has 0 aromatic heterocycles. The minimum atomic E-state index is -4.15. The average Bonchev–Trinajstić information content (AvgIpc) is 2.54. The van der Waals surface area contributed by atoms with Crippen LogP contribution in [-0.4, -0.2) is 24.7 Å². The Morgan fingerprint density at radius 1 is 1.39 bits per heavy atom. The second-order valence-electron chi connectivity index (χ2n) is 3.62. The first-order valence-corrected chi connectivity index (χ1v) is 6.40. The fraction of sp³-hybridized carbons (Fsp3) is 0.0909. The molecule has 1 aliphatic heterocycles. The molecule has 0 saturated carbocycles. The van der Waals surface area contributed by atoms with Crippen LogP contribution in [0.15, 0.2) is 40.4 Å². The van der Waals surface area contributed by atoms with Gasteiger partial charge < -0.3 is 9.84 Å². The smallest absolute Gasteiger partial charge is 0.349 e. The molecule has 0 radical (unpaired) electrons. The van der Waals surface area contributed by atoms with Crippen molar-refractivity contribution in [2.75, 3.05) is 0 Å². The van der Waals surface area contributed by atoms with E-state index < -0.39 is 25.9 Å². The first-order valence-electron chi connectivity index (χ1n) is 4.92. The Morgan fingerprint density at radius 3 is 2.67 bits per heavy atom. The summed E-state index contributed by atoms with van der Waals surface area (Å²) < 4.78 is 28.5. The van der Waals surface area contributed by atoms with Crippen LogP contribution in [-0.2, 0) is 14.6 Å². The Morgan fingerprint density at radius 2 is 2.11 bits per heavy atom. The second-order valence-corrected chi connectivity index (χ2v) is 5.41. The quantitative estimate of drug-likeness (QED) is 0.865. The molecular weight excluding hydrogens is 258 g/mol. The molecule has 0 spiro atoms. The molecule has 18 heavy (non-hydrogen) atoms. The van der Waals surface area contributed by atoms with Gasteiger partial charge in [0, 0.05) is 0 Å². The first-order chi connectivity index (χ1) is 8.41. The Balaban J connectivity index is 2.27. The van der Waals surface area contributed by atoms with Crippen LogP contribution in [0.3, 0.4) is 0 Å². The third-order valence-electron chi connectivity index (χ3n) is 2.21. The minimum absolute atomic E-state index is 0.289. The molecule has 6 nitrogen and oxygen atoms in total. The Bertz CT molecular complexity index is 672. The van der Waals surface area contributed by atoms with E-state index in [1.165, 1.54) is 0 Å². The number of aryl methyl sites for hydroxylation is 1. The molecule has 94 valence electrons. The highest BCUT2D eigenvalue weighted by molar-refractivity contribution is 8.10. The largest absolute Gasteiger partial charge is 0.477 e. The van der Waals surface area contributed by atoms with Crippen molar-refractivity contribution >= 4 is 21.0 Å². The fourth-order valence-electron chi connectivity index (χ4n) is 1.38. The predicted molar refractivity (Wildman–Crippen MR) is 63.9 cm³/mol. The zero-order chi connectivity index (χ0) is 13.3.